The molecule has 0 bridgehead atoms. The molecule has 0 aliphatic heterocycles. The molecule has 0 aliphatic rings. The predicted octanol–water partition coefficient (Wildman–Crippen LogP) is 3.38. The minimum absolute atomic E-state index is 0.595. The van der Waals surface area contributed by atoms with Gasteiger partial charge in [0, 0.05) is 6.04 Å². The molecule has 1 unspecified atom stereocenters. The average Bonchev–Trinajstić information content (AvgIpc) is 2.49. The fourth-order valence-electron chi connectivity index (χ4n) is 1.82. The van der Waals surface area contributed by atoms with E-state index in [0.29, 0.717) is 6.04 Å². The van der Waals surface area contributed by atoms with Gasteiger partial charge in [-0.3, -0.25) is 0 Å². The largest absolute Gasteiger partial charge is 0.492 e. The van der Waals surface area contributed by atoms with E-state index in [-0.39, 0.29) is 0 Å². The third-order valence-electron chi connectivity index (χ3n) is 3.23. The molecule has 7 heteroatoms. The van der Waals surface area contributed by atoms with Gasteiger partial charge in [0.1, 0.15) is 5.75 Å². The van der Waals surface area contributed by atoms with Crippen molar-refractivity contribution < 1.29 is 24.5 Å². The Morgan fingerprint density at radius 1 is 1.25 bits per heavy atom. The summed E-state index contributed by atoms with van der Waals surface area (Å²) < 4.78 is 6.90. The van der Waals surface area contributed by atoms with Gasteiger partial charge in [0.25, 0.3) is 0 Å². The second-order valence-electron chi connectivity index (χ2n) is 5.47. The Balaban J connectivity index is 0.000000754. The molecule has 1 rings (SSSR count). The van der Waals surface area contributed by atoms with E-state index in [9.17, 15) is 0 Å². The van der Waals surface area contributed by atoms with Gasteiger partial charge >= 0.3 is 11.9 Å². The van der Waals surface area contributed by atoms with E-state index in [2.05, 4.69) is 61.1 Å². The summed E-state index contributed by atoms with van der Waals surface area (Å²) in [5.41, 5.74) is 2.45. The van der Waals surface area contributed by atoms with Gasteiger partial charge in [-0.15, -0.1) is 0 Å². The van der Waals surface area contributed by atoms with Crippen LogP contribution in [-0.4, -0.2) is 41.3 Å². The lowest BCUT2D eigenvalue weighted by Gasteiger charge is -2.14. The summed E-state index contributed by atoms with van der Waals surface area (Å²) in [5.74, 6) is -2.67. The van der Waals surface area contributed by atoms with Crippen molar-refractivity contribution >= 4 is 27.9 Å². The van der Waals surface area contributed by atoms with Gasteiger partial charge in [0.2, 0.25) is 0 Å². The van der Waals surface area contributed by atoms with Gasteiger partial charge < -0.3 is 20.3 Å². The lowest BCUT2D eigenvalue weighted by molar-refractivity contribution is -0.159. The first-order chi connectivity index (χ1) is 11.2. The number of rotatable bonds is 7. The Bertz CT molecular complexity index is 513. The molecule has 0 aromatic heterocycles. The summed E-state index contributed by atoms with van der Waals surface area (Å²) in [6.07, 6.45) is 2.20. The van der Waals surface area contributed by atoms with Crippen molar-refractivity contribution in [2.24, 2.45) is 0 Å². The number of hydrogen-bond acceptors (Lipinski definition) is 4. The Kier molecular flexibility index (Phi) is 11.1. The van der Waals surface area contributed by atoms with Crippen molar-refractivity contribution in [1.82, 2.24) is 5.32 Å². The number of carboxylic acid groups (broad SMARTS) is 2. The highest BCUT2D eigenvalue weighted by Gasteiger charge is 2.06. The average molecular weight is 404 g/mol. The maximum Gasteiger partial charge on any atom is 0.414 e. The zero-order valence-electron chi connectivity index (χ0n) is 14.6. The smallest absolute Gasteiger partial charge is 0.414 e. The molecule has 0 saturated carbocycles. The quantitative estimate of drug-likeness (QED) is 0.476. The number of carboxylic acids is 2. The van der Waals surface area contributed by atoms with Crippen molar-refractivity contribution in [3.63, 3.8) is 0 Å². The van der Waals surface area contributed by atoms with Crippen LogP contribution in [-0.2, 0) is 9.59 Å². The molecule has 3 N–H and O–H groups in total. The number of nitrogens with one attached hydrogen (secondary N) is 1. The Morgan fingerprint density at radius 3 is 2.29 bits per heavy atom. The van der Waals surface area contributed by atoms with Crippen LogP contribution >= 0.6 is 15.9 Å². The third-order valence-corrected chi connectivity index (χ3v) is 3.82. The summed E-state index contributed by atoms with van der Waals surface area (Å²) in [6.45, 7) is 10.4. The van der Waals surface area contributed by atoms with Gasteiger partial charge in [-0.05, 0) is 73.3 Å². The minimum atomic E-state index is -1.82. The van der Waals surface area contributed by atoms with E-state index in [0.717, 1.165) is 29.8 Å². The Hall–Kier alpha value is -1.60. The van der Waals surface area contributed by atoms with Gasteiger partial charge in [-0.1, -0.05) is 13.0 Å². The molecule has 6 nitrogen and oxygen atoms in total. The fourth-order valence-corrected chi connectivity index (χ4v) is 2.61. The summed E-state index contributed by atoms with van der Waals surface area (Å²) in [7, 11) is 0. The van der Waals surface area contributed by atoms with E-state index < -0.39 is 11.9 Å². The molecule has 0 spiro atoms. The highest BCUT2D eigenvalue weighted by Crippen LogP contribution is 2.30. The van der Waals surface area contributed by atoms with Crippen molar-refractivity contribution in [1.29, 1.82) is 0 Å². The molecule has 0 saturated heterocycles. The number of aryl methyl sites for hydroxylation is 2. The number of carbonyl (C=O) groups is 2. The number of halogens is 1. The molecule has 0 aliphatic carbocycles. The van der Waals surface area contributed by atoms with E-state index in [1.54, 1.807) is 0 Å². The number of ether oxygens (including phenoxy) is 1. The molecular formula is C17H26BrNO5. The number of hydrogen-bond donors (Lipinski definition) is 3. The summed E-state index contributed by atoms with van der Waals surface area (Å²) in [5, 5.41) is 18.2. The van der Waals surface area contributed by atoms with Crippen molar-refractivity contribution in [3.05, 3.63) is 27.7 Å². The van der Waals surface area contributed by atoms with Crippen LogP contribution in [0.4, 0.5) is 0 Å². The van der Waals surface area contributed by atoms with E-state index >= 15 is 0 Å². The molecule has 24 heavy (non-hydrogen) atoms. The van der Waals surface area contributed by atoms with Crippen LogP contribution in [0.15, 0.2) is 16.6 Å². The maximum absolute atomic E-state index is 9.10. The van der Waals surface area contributed by atoms with Crippen molar-refractivity contribution in [2.75, 3.05) is 13.2 Å². The Morgan fingerprint density at radius 2 is 1.83 bits per heavy atom. The molecule has 1 atom stereocenters. The third kappa shape index (κ3) is 9.52. The molecule has 0 fully saturated rings. The number of aliphatic carboxylic acids is 2. The monoisotopic (exact) mass is 403 g/mol. The van der Waals surface area contributed by atoms with Crippen LogP contribution in [0.3, 0.4) is 0 Å². The molecular weight excluding hydrogens is 378 g/mol. The lowest BCUT2D eigenvalue weighted by atomic mass is 10.1. The summed E-state index contributed by atoms with van der Waals surface area (Å²) in [6, 6.07) is 4.84. The lowest BCUT2D eigenvalue weighted by Crippen LogP contribution is -2.27. The standard InChI is InChI=1S/C15H24BrNO.C2H2O4/c1-5-13(4)17-7-6-8-18-15-12(3)9-11(2)10-14(15)16;3-1(4)2(5)6/h9-10,13,17H,5-8H2,1-4H3;(H,3,4)(H,5,6). The Labute approximate surface area is 151 Å². The molecule has 0 heterocycles. The normalized spacial score (nSPS) is 11.2. The first kappa shape index (κ1) is 22.4. The number of benzene rings is 1. The van der Waals surface area contributed by atoms with Crippen LogP contribution in [0.1, 0.15) is 37.8 Å². The van der Waals surface area contributed by atoms with Crippen molar-refractivity contribution in [2.45, 2.75) is 46.6 Å². The van der Waals surface area contributed by atoms with Gasteiger partial charge in [-0.2, -0.15) is 0 Å². The minimum Gasteiger partial charge on any atom is -0.492 e. The van der Waals surface area contributed by atoms with Crippen molar-refractivity contribution in [3.8, 4) is 5.75 Å². The van der Waals surface area contributed by atoms with E-state index in [1.807, 2.05) is 0 Å². The zero-order valence-corrected chi connectivity index (χ0v) is 16.1. The van der Waals surface area contributed by atoms with Crippen LogP contribution in [0.25, 0.3) is 0 Å². The van der Waals surface area contributed by atoms with E-state index in [1.165, 1.54) is 17.5 Å². The van der Waals surface area contributed by atoms with Gasteiger partial charge in [0.05, 0.1) is 11.1 Å². The highest BCUT2D eigenvalue weighted by molar-refractivity contribution is 9.10. The van der Waals surface area contributed by atoms with Crippen LogP contribution < -0.4 is 10.1 Å². The predicted molar refractivity (Wildman–Crippen MR) is 96.8 cm³/mol. The van der Waals surface area contributed by atoms with Gasteiger partial charge in [0.15, 0.2) is 0 Å². The van der Waals surface area contributed by atoms with Crippen LogP contribution in [0.5, 0.6) is 5.75 Å². The zero-order chi connectivity index (χ0) is 18.7. The summed E-state index contributed by atoms with van der Waals surface area (Å²) >= 11 is 3.56. The summed E-state index contributed by atoms with van der Waals surface area (Å²) in [4.78, 5) is 18.2. The second-order valence-corrected chi connectivity index (χ2v) is 6.32. The molecule has 1 aromatic carbocycles. The van der Waals surface area contributed by atoms with Gasteiger partial charge in [-0.25, -0.2) is 9.59 Å². The molecule has 1 aromatic rings. The highest BCUT2D eigenvalue weighted by atomic mass is 79.9. The maximum atomic E-state index is 9.10. The van der Waals surface area contributed by atoms with Crippen LogP contribution in [0.2, 0.25) is 0 Å². The SMILES string of the molecule is CCC(C)NCCCOc1c(C)cc(C)cc1Br.O=C(O)C(=O)O. The van der Waals surface area contributed by atoms with Crippen LogP contribution in [0, 0.1) is 13.8 Å². The fraction of sp³-hybridized carbons (Fsp3) is 0.529. The molecule has 136 valence electrons. The molecule has 0 amide bonds. The van der Waals surface area contributed by atoms with E-state index in [4.69, 9.17) is 24.5 Å². The first-order valence-electron chi connectivity index (χ1n) is 7.78. The molecule has 0 radical (unpaired) electrons. The topological polar surface area (TPSA) is 95.9 Å². The first-order valence-corrected chi connectivity index (χ1v) is 8.57. The second kappa shape index (κ2) is 11.9.